The number of sulfonamides is 1. The zero-order chi connectivity index (χ0) is 25.8. The molecule has 192 valence electrons. The maximum Gasteiger partial charge on any atom is 0.410 e. The quantitative estimate of drug-likeness (QED) is 0.536. The van der Waals surface area contributed by atoms with Crippen LogP contribution in [0.15, 0.2) is 47.5 Å². The molecular weight excluding hydrogens is 490 g/mol. The summed E-state index contributed by atoms with van der Waals surface area (Å²) in [7, 11) is -3.87. The van der Waals surface area contributed by atoms with Gasteiger partial charge in [0.25, 0.3) is 0 Å². The van der Waals surface area contributed by atoms with Crippen molar-refractivity contribution >= 4 is 27.7 Å². The second-order valence-corrected chi connectivity index (χ2v) is 12.1. The fourth-order valence-electron chi connectivity index (χ4n) is 3.92. The molecule has 0 aliphatic carbocycles. The number of nitrogens with zero attached hydrogens (tertiary/aromatic N) is 2. The third-order valence-corrected chi connectivity index (χ3v) is 7.23. The highest BCUT2D eigenvalue weighted by atomic mass is 35.5. The van der Waals surface area contributed by atoms with E-state index in [-0.39, 0.29) is 23.0 Å². The number of rotatable bonds is 7. The summed E-state index contributed by atoms with van der Waals surface area (Å²) in [5.41, 5.74) is 0.237. The average Bonchev–Trinajstić information content (AvgIpc) is 2.77. The van der Waals surface area contributed by atoms with Gasteiger partial charge in [-0.15, -0.1) is 0 Å². The Morgan fingerprint density at radius 2 is 1.74 bits per heavy atom. The molecule has 1 atom stereocenters. The van der Waals surface area contributed by atoms with E-state index in [1.165, 1.54) is 12.3 Å². The lowest BCUT2D eigenvalue weighted by molar-refractivity contribution is 0.0172. The smallest absolute Gasteiger partial charge is 0.410 e. The van der Waals surface area contributed by atoms with E-state index in [0.717, 1.165) is 5.56 Å². The number of halogens is 1. The van der Waals surface area contributed by atoms with Gasteiger partial charge in [-0.1, -0.05) is 23.7 Å². The van der Waals surface area contributed by atoms with E-state index in [2.05, 4.69) is 9.71 Å². The Hall–Kier alpha value is -2.36. The molecule has 1 aliphatic heterocycles. The molecule has 10 heteroatoms. The first-order valence-electron chi connectivity index (χ1n) is 11.7. The second-order valence-electron chi connectivity index (χ2n) is 9.95. The molecule has 1 N–H and O–H groups in total. The SMILES string of the molecule is CC(C)Oc1ccc(S(=O)(=O)N[C@@H](c2ccc(Cl)cc2)C2CCN(C(=O)OC(C)(C)C)CC2)cn1. The van der Waals surface area contributed by atoms with Crippen LogP contribution < -0.4 is 9.46 Å². The summed E-state index contributed by atoms with van der Waals surface area (Å²) in [4.78, 5) is 18.3. The van der Waals surface area contributed by atoms with Crippen LogP contribution in [0.2, 0.25) is 5.02 Å². The molecule has 2 heterocycles. The number of nitrogens with one attached hydrogen (secondary N) is 1. The minimum Gasteiger partial charge on any atom is -0.475 e. The second kappa shape index (κ2) is 11.1. The highest BCUT2D eigenvalue weighted by Gasteiger charge is 2.34. The standard InChI is InChI=1S/C25H34ClN3O5S/c1-17(2)33-22-11-10-21(16-27-22)35(31,32)28-23(18-6-8-20(26)9-7-18)19-12-14-29(15-13-19)24(30)34-25(3,4)5/h6-11,16-17,19,23,28H,12-15H2,1-5H3/t23-/m0/s1. The molecule has 0 bridgehead atoms. The van der Waals surface area contributed by atoms with Crippen molar-refractivity contribution in [1.82, 2.24) is 14.6 Å². The molecule has 0 spiro atoms. The Bertz CT molecular complexity index is 1090. The van der Waals surface area contributed by atoms with Crippen LogP contribution in [0.5, 0.6) is 5.88 Å². The minimum absolute atomic E-state index is 0.0267. The number of pyridine rings is 1. The molecule has 35 heavy (non-hydrogen) atoms. The Labute approximate surface area is 213 Å². The van der Waals surface area contributed by atoms with Crippen LogP contribution in [0, 0.1) is 5.92 Å². The molecule has 1 amide bonds. The molecule has 1 aliphatic rings. The van der Waals surface area contributed by atoms with Crippen LogP contribution >= 0.6 is 11.6 Å². The largest absolute Gasteiger partial charge is 0.475 e. The molecule has 1 aromatic carbocycles. The zero-order valence-electron chi connectivity index (χ0n) is 20.8. The molecule has 8 nitrogen and oxygen atoms in total. The summed E-state index contributed by atoms with van der Waals surface area (Å²) >= 11 is 6.07. The number of aromatic nitrogens is 1. The van der Waals surface area contributed by atoms with Crippen LogP contribution in [-0.2, 0) is 14.8 Å². The Kier molecular flexibility index (Phi) is 8.67. The number of piperidine rings is 1. The maximum atomic E-state index is 13.3. The van der Waals surface area contributed by atoms with E-state index < -0.39 is 21.7 Å². The zero-order valence-corrected chi connectivity index (χ0v) is 22.4. The van der Waals surface area contributed by atoms with Crippen LogP contribution in [0.4, 0.5) is 4.79 Å². The summed E-state index contributed by atoms with van der Waals surface area (Å²) < 4.78 is 40.4. The van der Waals surface area contributed by atoms with Gasteiger partial charge < -0.3 is 14.4 Å². The molecule has 0 radical (unpaired) electrons. The normalized spacial score (nSPS) is 16.3. The Morgan fingerprint density at radius 3 is 2.26 bits per heavy atom. The Morgan fingerprint density at radius 1 is 1.11 bits per heavy atom. The van der Waals surface area contributed by atoms with Crippen molar-refractivity contribution in [1.29, 1.82) is 0 Å². The third kappa shape index (κ3) is 7.81. The fourth-order valence-corrected chi connectivity index (χ4v) is 5.28. The molecule has 0 unspecified atom stereocenters. The van der Waals surface area contributed by atoms with E-state index >= 15 is 0 Å². The maximum absolute atomic E-state index is 13.3. The van der Waals surface area contributed by atoms with E-state index in [4.69, 9.17) is 21.1 Å². The van der Waals surface area contributed by atoms with Gasteiger partial charge in [0.2, 0.25) is 15.9 Å². The third-order valence-electron chi connectivity index (χ3n) is 5.55. The van der Waals surface area contributed by atoms with E-state index in [1.54, 1.807) is 23.1 Å². The lowest BCUT2D eigenvalue weighted by atomic mass is 9.86. The van der Waals surface area contributed by atoms with Gasteiger partial charge in [-0.25, -0.2) is 22.9 Å². The van der Waals surface area contributed by atoms with Gasteiger partial charge in [0, 0.05) is 30.2 Å². The lowest BCUT2D eigenvalue weighted by Crippen LogP contribution is -2.44. The van der Waals surface area contributed by atoms with Crippen molar-refractivity contribution in [2.75, 3.05) is 13.1 Å². The van der Waals surface area contributed by atoms with Crippen molar-refractivity contribution in [2.45, 2.75) is 70.1 Å². The van der Waals surface area contributed by atoms with Crippen molar-refractivity contribution < 1.29 is 22.7 Å². The molecule has 1 aromatic heterocycles. The van der Waals surface area contributed by atoms with Gasteiger partial charge in [0.15, 0.2) is 0 Å². The van der Waals surface area contributed by atoms with E-state index in [1.807, 2.05) is 46.8 Å². The highest BCUT2D eigenvalue weighted by Crippen LogP contribution is 2.33. The average molecular weight is 524 g/mol. The van der Waals surface area contributed by atoms with Crippen molar-refractivity contribution in [2.24, 2.45) is 5.92 Å². The summed E-state index contributed by atoms with van der Waals surface area (Å²) in [6.45, 7) is 10.2. The summed E-state index contributed by atoms with van der Waals surface area (Å²) in [5.74, 6) is 0.337. The molecular formula is C25H34ClN3O5S. The van der Waals surface area contributed by atoms with Crippen LogP contribution in [0.25, 0.3) is 0 Å². The predicted octanol–water partition coefficient (Wildman–Crippen LogP) is 5.19. The first-order valence-corrected chi connectivity index (χ1v) is 13.6. The van der Waals surface area contributed by atoms with Crippen molar-refractivity contribution in [3.05, 3.63) is 53.2 Å². The van der Waals surface area contributed by atoms with Gasteiger partial charge in [-0.2, -0.15) is 0 Å². The summed E-state index contributed by atoms with van der Waals surface area (Å²) in [6, 6.07) is 9.68. The van der Waals surface area contributed by atoms with Crippen LogP contribution in [0.3, 0.4) is 0 Å². The molecule has 1 fully saturated rings. The molecule has 2 aromatic rings. The van der Waals surface area contributed by atoms with Gasteiger partial charge in [-0.05, 0) is 77.1 Å². The summed E-state index contributed by atoms with van der Waals surface area (Å²) in [6.07, 6.45) is 2.12. The minimum atomic E-state index is -3.87. The van der Waals surface area contributed by atoms with Crippen LogP contribution in [-0.4, -0.2) is 49.2 Å². The number of benzene rings is 1. The van der Waals surface area contributed by atoms with E-state index in [0.29, 0.717) is 36.8 Å². The summed E-state index contributed by atoms with van der Waals surface area (Å²) in [5, 5.41) is 0.569. The Balaban J connectivity index is 1.78. The van der Waals surface area contributed by atoms with Gasteiger partial charge in [-0.3, -0.25) is 0 Å². The number of ether oxygens (including phenoxy) is 2. The first-order chi connectivity index (χ1) is 16.3. The van der Waals surface area contributed by atoms with Gasteiger partial charge in [0.1, 0.15) is 10.5 Å². The predicted molar refractivity (Wildman–Crippen MR) is 135 cm³/mol. The van der Waals surface area contributed by atoms with Gasteiger partial charge in [0.05, 0.1) is 12.3 Å². The number of hydrogen-bond acceptors (Lipinski definition) is 6. The lowest BCUT2D eigenvalue weighted by Gasteiger charge is -2.37. The molecule has 0 saturated carbocycles. The number of amides is 1. The fraction of sp³-hybridized carbons (Fsp3) is 0.520. The molecule has 3 rings (SSSR count). The number of likely N-dealkylation sites (tertiary alicyclic amines) is 1. The van der Waals surface area contributed by atoms with E-state index in [9.17, 15) is 13.2 Å². The number of carbonyl (C=O) groups excluding carboxylic acids is 1. The topological polar surface area (TPSA) is 97.8 Å². The first kappa shape index (κ1) is 27.2. The number of hydrogen-bond donors (Lipinski definition) is 1. The molecule has 1 saturated heterocycles. The van der Waals surface area contributed by atoms with Gasteiger partial charge >= 0.3 is 6.09 Å². The van der Waals surface area contributed by atoms with Crippen LogP contribution in [0.1, 0.15) is 59.1 Å². The number of carbonyl (C=O) groups is 1. The highest BCUT2D eigenvalue weighted by molar-refractivity contribution is 7.89. The van der Waals surface area contributed by atoms with Crippen molar-refractivity contribution in [3.8, 4) is 5.88 Å². The van der Waals surface area contributed by atoms with Crippen molar-refractivity contribution in [3.63, 3.8) is 0 Å². The monoisotopic (exact) mass is 523 g/mol.